The molecule has 0 fully saturated rings. The van der Waals surface area contributed by atoms with Crippen LogP contribution in [0.1, 0.15) is 57.6 Å². The van der Waals surface area contributed by atoms with E-state index in [0.717, 1.165) is 22.3 Å². The molecule has 188 valence electrons. The van der Waals surface area contributed by atoms with Gasteiger partial charge in [-0.3, -0.25) is 4.79 Å². The zero-order valence-electron chi connectivity index (χ0n) is 20.7. The van der Waals surface area contributed by atoms with Crippen molar-refractivity contribution in [3.8, 4) is 11.1 Å². The second-order valence-electron chi connectivity index (χ2n) is 9.63. The molecule has 0 saturated heterocycles. The van der Waals surface area contributed by atoms with Crippen LogP contribution >= 0.6 is 0 Å². The van der Waals surface area contributed by atoms with E-state index in [1.807, 2.05) is 43.3 Å². The summed E-state index contributed by atoms with van der Waals surface area (Å²) in [4.78, 5) is 37.0. The molecule has 0 bridgehead atoms. The summed E-state index contributed by atoms with van der Waals surface area (Å²) < 4.78 is 11.1. The fourth-order valence-corrected chi connectivity index (χ4v) is 4.12. The molecule has 0 aliphatic heterocycles. The molecule has 0 heterocycles. The number of benzene rings is 2. The minimum atomic E-state index is -1.23. The highest BCUT2D eigenvalue weighted by molar-refractivity contribution is 5.89. The summed E-state index contributed by atoms with van der Waals surface area (Å²) in [6, 6.07) is 13.9. The molecule has 0 unspecified atom stereocenters. The normalized spacial score (nSPS) is 14.4. The smallest absolute Gasteiger partial charge is 0.407 e. The van der Waals surface area contributed by atoms with Gasteiger partial charge in [-0.05, 0) is 49.4 Å². The Morgan fingerprint density at radius 2 is 1.51 bits per heavy atom. The lowest BCUT2D eigenvalue weighted by Crippen LogP contribution is -2.53. The van der Waals surface area contributed by atoms with Crippen LogP contribution in [0.2, 0.25) is 0 Å². The summed E-state index contributed by atoms with van der Waals surface area (Å²) in [5.41, 5.74) is 3.87. The highest BCUT2D eigenvalue weighted by atomic mass is 16.5. The van der Waals surface area contributed by atoms with Crippen molar-refractivity contribution in [2.75, 3.05) is 13.2 Å². The molecule has 2 aromatic rings. The molecule has 1 aliphatic rings. The first kappa shape index (κ1) is 26.2. The number of amides is 2. The van der Waals surface area contributed by atoms with Gasteiger partial charge in [0.1, 0.15) is 12.6 Å². The van der Waals surface area contributed by atoms with Crippen LogP contribution in [0.15, 0.2) is 48.5 Å². The first-order chi connectivity index (χ1) is 16.6. The Morgan fingerprint density at radius 1 is 0.943 bits per heavy atom. The van der Waals surface area contributed by atoms with Gasteiger partial charge in [-0.2, -0.15) is 0 Å². The van der Waals surface area contributed by atoms with Gasteiger partial charge in [0.25, 0.3) is 0 Å². The highest BCUT2D eigenvalue weighted by Crippen LogP contribution is 2.44. The van der Waals surface area contributed by atoms with E-state index in [0.29, 0.717) is 12.8 Å². The third-order valence-electron chi connectivity index (χ3n) is 5.83. The number of alkyl carbamates (subject to hydrolysis) is 1. The van der Waals surface area contributed by atoms with E-state index in [9.17, 15) is 19.5 Å². The second kappa shape index (κ2) is 11.4. The molecular formula is C27H34N2O6. The highest BCUT2D eigenvalue weighted by Gasteiger charge is 2.31. The molecular weight excluding hydrogens is 448 g/mol. The van der Waals surface area contributed by atoms with Gasteiger partial charge in [0.05, 0.1) is 12.2 Å². The summed E-state index contributed by atoms with van der Waals surface area (Å²) >= 11 is 0. The van der Waals surface area contributed by atoms with Crippen LogP contribution in [0.5, 0.6) is 0 Å². The molecule has 3 rings (SSSR count). The van der Waals surface area contributed by atoms with Crippen molar-refractivity contribution in [3.63, 3.8) is 0 Å². The van der Waals surface area contributed by atoms with Crippen LogP contribution in [0.4, 0.5) is 4.79 Å². The fourth-order valence-electron chi connectivity index (χ4n) is 4.12. The predicted molar refractivity (Wildman–Crippen MR) is 132 cm³/mol. The van der Waals surface area contributed by atoms with E-state index >= 15 is 0 Å². The van der Waals surface area contributed by atoms with Crippen molar-refractivity contribution in [2.24, 2.45) is 0 Å². The average Bonchev–Trinajstić information content (AvgIpc) is 3.13. The summed E-state index contributed by atoms with van der Waals surface area (Å²) in [5.74, 6) is -1.90. The van der Waals surface area contributed by atoms with Gasteiger partial charge >= 0.3 is 12.1 Å². The lowest BCUT2D eigenvalue weighted by atomic mass is 9.98. The van der Waals surface area contributed by atoms with Crippen molar-refractivity contribution < 1.29 is 29.0 Å². The van der Waals surface area contributed by atoms with Crippen molar-refractivity contribution in [3.05, 3.63) is 59.7 Å². The predicted octanol–water partition coefficient (Wildman–Crippen LogP) is 4.08. The molecule has 2 aromatic carbocycles. The van der Waals surface area contributed by atoms with Crippen LogP contribution in [0.25, 0.3) is 11.1 Å². The molecule has 3 N–H and O–H groups in total. The SMILES string of the molecule is CCC[C@@H](NC(=O)OCC1c2ccccc2-c2ccccc21)C(=O)N[C@@H](COC(C)(C)C)C(=O)O. The van der Waals surface area contributed by atoms with Crippen molar-refractivity contribution in [1.29, 1.82) is 0 Å². The van der Waals surface area contributed by atoms with Crippen molar-refractivity contribution >= 4 is 18.0 Å². The summed E-state index contributed by atoms with van der Waals surface area (Å²) in [7, 11) is 0. The van der Waals surface area contributed by atoms with Crippen LogP contribution in [-0.4, -0.2) is 54.0 Å². The topological polar surface area (TPSA) is 114 Å². The quantitative estimate of drug-likeness (QED) is 0.470. The summed E-state index contributed by atoms with van der Waals surface area (Å²) in [6.45, 7) is 7.20. The van der Waals surface area contributed by atoms with Crippen LogP contribution in [0.3, 0.4) is 0 Å². The number of carboxylic acids is 1. The minimum Gasteiger partial charge on any atom is -0.480 e. The molecule has 2 amide bonds. The fraction of sp³-hybridized carbons (Fsp3) is 0.444. The largest absolute Gasteiger partial charge is 0.480 e. The standard InChI is InChI=1S/C27H34N2O6/c1-5-10-22(24(30)28-23(25(31)32)16-35-27(2,3)4)29-26(33)34-15-21-19-13-8-6-11-17(19)18-12-7-9-14-20(18)21/h6-9,11-14,21-23H,5,10,15-16H2,1-4H3,(H,28,30)(H,29,33)(H,31,32)/t22-,23+/m1/s1. The maximum atomic E-state index is 12.8. The molecule has 2 atom stereocenters. The Hall–Kier alpha value is -3.39. The third-order valence-corrected chi connectivity index (χ3v) is 5.83. The van der Waals surface area contributed by atoms with E-state index in [1.165, 1.54) is 0 Å². The van der Waals surface area contributed by atoms with Gasteiger partial charge in [-0.25, -0.2) is 9.59 Å². The number of carbonyl (C=O) groups excluding carboxylic acids is 2. The first-order valence-electron chi connectivity index (χ1n) is 11.9. The zero-order valence-corrected chi connectivity index (χ0v) is 20.7. The van der Waals surface area contributed by atoms with E-state index < -0.39 is 35.7 Å². The summed E-state index contributed by atoms with van der Waals surface area (Å²) in [5, 5.41) is 14.5. The van der Waals surface area contributed by atoms with Gasteiger partial charge in [0, 0.05) is 5.92 Å². The number of hydrogen-bond donors (Lipinski definition) is 3. The van der Waals surface area contributed by atoms with Crippen molar-refractivity contribution in [2.45, 2.75) is 64.1 Å². The van der Waals surface area contributed by atoms with Gasteiger partial charge in [-0.1, -0.05) is 61.9 Å². The van der Waals surface area contributed by atoms with Crippen molar-refractivity contribution in [1.82, 2.24) is 10.6 Å². The van der Waals surface area contributed by atoms with Gasteiger partial charge in [-0.15, -0.1) is 0 Å². The average molecular weight is 483 g/mol. The van der Waals surface area contributed by atoms with Crippen LogP contribution in [0, 0.1) is 0 Å². The van der Waals surface area contributed by atoms with E-state index in [2.05, 4.69) is 22.8 Å². The van der Waals surface area contributed by atoms with E-state index in [-0.39, 0.29) is 19.1 Å². The van der Waals surface area contributed by atoms with E-state index in [1.54, 1.807) is 20.8 Å². The monoisotopic (exact) mass is 482 g/mol. The van der Waals surface area contributed by atoms with Crippen LogP contribution < -0.4 is 10.6 Å². The number of aliphatic carboxylic acids is 1. The maximum Gasteiger partial charge on any atom is 0.407 e. The Morgan fingerprint density at radius 3 is 2.03 bits per heavy atom. The first-order valence-corrected chi connectivity index (χ1v) is 11.9. The number of ether oxygens (including phenoxy) is 2. The van der Waals surface area contributed by atoms with Gasteiger partial charge < -0.3 is 25.2 Å². The molecule has 8 nitrogen and oxygen atoms in total. The van der Waals surface area contributed by atoms with E-state index in [4.69, 9.17) is 9.47 Å². The van der Waals surface area contributed by atoms with Gasteiger partial charge in [0.15, 0.2) is 6.04 Å². The second-order valence-corrected chi connectivity index (χ2v) is 9.63. The Kier molecular flexibility index (Phi) is 8.51. The summed E-state index contributed by atoms with van der Waals surface area (Å²) in [6.07, 6.45) is 0.221. The Balaban J connectivity index is 1.62. The number of carbonyl (C=O) groups is 3. The lowest BCUT2D eigenvalue weighted by molar-refractivity contribution is -0.145. The number of hydrogen-bond acceptors (Lipinski definition) is 5. The molecule has 0 radical (unpaired) electrons. The minimum absolute atomic E-state index is 0.0995. The molecule has 0 aromatic heterocycles. The van der Waals surface area contributed by atoms with Gasteiger partial charge in [0.2, 0.25) is 5.91 Å². The molecule has 1 aliphatic carbocycles. The lowest BCUT2D eigenvalue weighted by Gasteiger charge is -2.25. The molecule has 8 heteroatoms. The molecule has 0 spiro atoms. The molecule has 35 heavy (non-hydrogen) atoms. The number of nitrogens with one attached hydrogen (secondary N) is 2. The number of fused-ring (bicyclic) bond motifs is 3. The van der Waals surface area contributed by atoms with Crippen LogP contribution in [-0.2, 0) is 19.1 Å². The third kappa shape index (κ3) is 6.82. The number of rotatable bonds is 10. The Labute approximate surface area is 206 Å². The maximum absolute atomic E-state index is 12.8. The molecule has 0 saturated carbocycles. The zero-order chi connectivity index (χ0) is 25.6. The Bertz CT molecular complexity index is 1020. The number of carboxylic acid groups (broad SMARTS) is 1.